The molecule has 2 aromatic rings. The zero-order valence-corrected chi connectivity index (χ0v) is 18.1. The van der Waals surface area contributed by atoms with E-state index in [4.69, 9.17) is 18.9 Å². The van der Waals surface area contributed by atoms with E-state index in [0.29, 0.717) is 54.9 Å². The van der Waals surface area contributed by atoms with E-state index in [1.807, 2.05) is 19.9 Å². The number of carboxylic acids is 1. The van der Waals surface area contributed by atoms with Crippen molar-refractivity contribution in [2.24, 2.45) is 0 Å². The summed E-state index contributed by atoms with van der Waals surface area (Å²) in [5.74, 6) is 1.35. The number of anilines is 1. The number of nitrogens with zero attached hydrogens (tertiary/aromatic N) is 1. The number of carboxylic acid groups (broad SMARTS) is 1. The van der Waals surface area contributed by atoms with E-state index in [-0.39, 0.29) is 19.2 Å². The standard InChI is InChI=1S/C23H26N2O7/c1-3-29-19-9-14-7-8-25(17(12-22(26)27)16(14)11-21(19)30-4-2)23(28)24-15-5-6-18-20(10-15)32-13-31-18/h5-6,9-11,17H,3-4,7-8,12-13H2,1-2H3,(H,24,28)(H,26,27)/t17-/m0/s1. The average Bonchev–Trinajstić information content (AvgIpc) is 3.22. The fourth-order valence-electron chi connectivity index (χ4n) is 4.04. The second kappa shape index (κ2) is 9.25. The number of carbonyl (C=O) groups excluding carboxylic acids is 1. The first-order valence-corrected chi connectivity index (χ1v) is 10.6. The highest BCUT2D eigenvalue weighted by Crippen LogP contribution is 2.40. The average molecular weight is 442 g/mol. The van der Waals surface area contributed by atoms with Crippen LogP contribution >= 0.6 is 0 Å². The second-order valence-electron chi connectivity index (χ2n) is 7.42. The van der Waals surface area contributed by atoms with Gasteiger partial charge in [0, 0.05) is 18.3 Å². The molecule has 9 heteroatoms. The van der Waals surface area contributed by atoms with Crippen molar-refractivity contribution in [1.82, 2.24) is 4.90 Å². The molecule has 170 valence electrons. The molecule has 0 aromatic heterocycles. The normalized spacial score (nSPS) is 16.3. The van der Waals surface area contributed by atoms with Crippen LogP contribution in [0.2, 0.25) is 0 Å². The number of urea groups is 1. The predicted molar refractivity (Wildman–Crippen MR) is 116 cm³/mol. The van der Waals surface area contributed by atoms with Gasteiger partial charge in [0.25, 0.3) is 0 Å². The molecule has 0 bridgehead atoms. The Labute approximate surface area is 185 Å². The van der Waals surface area contributed by atoms with Crippen molar-refractivity contribution in [2.75, 3.05) is 31.9 Å². The highest BCUT2D eigenvalue weighted by atomic mass is 16.7. The minimum atomic E-state index is -0.990. The SMILES string of the molecule is CCOc1cc2c(cc1OCC)[C@H](CC(=O)O)N(C(=O)Nc1ccc3c(c1)OCO3)CC2. The number of rotatable bonds is 7. The topological polar surface area (TPSA) is 107 Å². The molecule has 1 atom stereocenters. The summed E-state index contributed by atoms with van der Waals surface area (Å²) in [7, 11) is 0. The highest BCUT2D eigenvalue weighted by Gasteiger charge is 2.34. The summed E-state index contributed by atoms with van der Waals surface area (Å²) in [6, 6.07) is 7.81. The maximum Gasteiger partial charge on any atom is 0.322 e. The van der Waals surface area contributed by atoms with E-state index >= 15 is 0 Å². The Hall–Kier alpha value is -3.62. The summed E-state index contributed by atoms with van der Waals surface area (Å²) in [4.78, 5) is 26.4. The van der Waals surface area contributed by atoms with Crippen LogP contribution in [0.25, 0.3) is 0 Å². The molecule has 2 amide bonds. The molecule has 0 saturated carbocycles. The molecule has 32 heavy (non-hydrogen) atoms. The molecule has 0 fully saturated rings. The van der Waals surface area contributed by atoms with E-state index in [9.17, 15) is 14.7 Å². The fourth-order valence-corrected chi connectivity index (χ4v) is 4.04. The Balaban J connectivity index is 1.62. The summed E-state index contributed by atoms with van der Waals surface area (Å²) < 4.78 is 22.1. The van der Waals surface area contributed by atoms with Crippen LogP contribution in [0, 0.1) is 0 Å². The lowest BCUT2D eigenvalue weighted by Gasteiger charge is -2.37. The van der Waals surface area contributed by atoms with Gasteiger partial charge in [-0.1, -0.05) is 0 Å². The van der Waals surface area contributed by atoms with Crippen LogP contribution in [0.15, 0.2) is 30.3 Å². The summed E-state index contributed by atoms with van der Waals surface area (Å²) in [5, 5.41) is 12.4. The van der Waals surface area contributed by atoms with Crippen LogP contribution in [-0.4, -0.2) is 48.6 Å². The zero-order valence-electron chi connectivity index (χ0n) is 18.1. The molecule has 0 spiro atoms. The molecular formula is C23H26N2O7. The molecule has 2 aromatic carbocycles. The van der Waals surface area contributed by atoms with Crippen molar-refractivity contribution >= 4 is 17.7 Å². The minimum absolute atomic E-state index is 0.141. The quantitative estimate of drug-likeness (QED) is 0.671. The van der Waals surface area contributed by atoms with Crippen molar-refractivity contribution in [3.05, 3.63) is 41.5 Å². The van der Waals surface area contributed by atoms with Gasteiger partial charge >= 0.3 is 12.0 Å². The Bertz CT molecular complexity index is 1020. The van der Waals surface area contributed by atoms with Crippen molar-refractivity contribution in [1.29, 1.82) is 0 Å². The summed E-state index contributed by atoms with van der Waals surface area (Å²) in [6.45, 7) is 5.21. The number of nitrogens with one attached hydrogen (secondary N) is 1. The zero-order chi connectivity index (χ0) is 22.7. The van der Waals surface area contributed by atoms with Crippen LogP contribution in [0.3, 0.4) is 0 Å². The Morgan fingerprint density at radius 2 is 1.81 bits per heavy atom. The number of ether oxygens (including phenoxy) is 4. The number of fused-ring (bicyclic) bond motifs is 2. The molecule has 0 unspecified atom stereocenters. The number of amides is 2. The maximum atomic E-state index is 13.1. The first-order chi connectivity index (χ1) is 15.5. The molecular weight excluding hydrogens is 416 g/mol. The molecule has 4 rings (SSSR count). The third-order valence-corrected chi connectivity index (χ3v) is 5.42. The van der Waals surface area contributed by atoms with Crippen LogP contribution in [-0.2, 0) is 11.2 Å². The number of hydrogen-bond acceptors (Lipinski definition) is 6. The van der Waals surface area contributed by atoms with Gasteiger partial charge in [-0.25, -0.2) is 4.79 Å². The molecule has 0 radical (unpaired) electrons. The van der Waals surface area contributed by atoms with E-state index in [1.165, 1.54) is 0 Å². The lowest BCUT2D eigenvalue weighted by molar-refractivity contribution is -0.138. The smallest absolute Gasteiger partial charge is 0.322 e. The third-order valence-electron chi connectivity index (χ3n) is 5.42. The van der Waals surface area contributed by atoms with Gasteiger partial charge in [-0.3, -0.25) is 4.79 Å². The monoisotopic (exact) mass is 442 g/mol. The molecule has 2 heterocycles. The molecule has 2 aliphatic rings. The van der Waals surface area contributed by atoms with Crippen molar-refractivity contribution in [3.8, 4) is 23.0 Å². The summed E-state index contributed by atoms with van der Waals surface area (Å²) >= 11 is 0. The number of benzene rings is 2. The highest BCUT2D eigenvalue weighted by molar-refractivity contribution is 5.90. The van der Waals surface area contributed by atoms with Crippen LogP contribution < -0.4 is 24.3 Å². The number of hydrogen-bond donors (Lipinski definition) is 2. The maximum absolute atomic E-state index is 13.1. The largest absolute Gasteiger partial charge is 0.490 e. The Morgan fingerprint density at radius 1 is 1.09 bits per heavy atom. The molecule has 2 N–H and O–H groups in total. The van der Waals surface area contributed by atoms with Crippen LogP contribution in [0.5, 0.6) is 23.0 Å². The molecule has 9 nitrogen and oxygen atoms in total. The van der Waals surface area contributed by atoms with E-state index in [0.717, 1.165) is 11.1 Å². The van der Waals surface area contributed by atoms with Gasteiger partial charge in [-0.05, 0) is 55.7 Å². The van der Waals surface area contributed by atoms with Gasteiger partial charge < -0.3 is 34.3 Å². The van der Waals surface area contributed by atoms with Crippen molar-refractivity contribution in [3.63, 3.8) is 0 Å². The van der Waals surface area contributed by atoms with Crippen molar-refractivity contribution < 1.29 is 33.6 Å². The van der Waals surface area contributed by atoms with Gasteiger partial charge in [-0.2, -0.15) is 0 Å². The van der Waals surface area contributed by atoms with Gasteiger partial charge in [0.05, 0.1) is 25.7 Å². The Morgan fingerprint density at radius 3 is 2.53 bits per heavy atom. The predicted octanol–water partition coefficient (Wildman–Crippen LogP) is 3.82. The van der Waals surface area contributed by atoms with Gasteiger partial charge in [-0.15, -0.1) is 0 Å². The van der Waals surface area contributed by atoms with Gasteiger partial charge in [0.2, 0.25) is 6.79 Å². The van der Waals surface area contributed by atoms with Gasteiger partial charge in [0.1, 0.15) is 0 Å². The summed E-state index contributed by atoms with van der Waals surface area (Å²) in [6.07, 6.45) is 0.355. The van der Waals surface area contributed by atoms with E-state index in [1.54, 1.807) is 29.2 Å². The summed E-state index contributed by atoms with van der Waals surface area (Å²) in [5.41, 5.74) is 2.25. The first kappa shape index (κ1) is 21.6. The Kier molecular flexibility index (Phi) is 6.25. The minimum Gasteiger partial charge on any atom is -0.490 e. The molecule has 0 aliphatic carbocycles. The van der Waals surface area contributed by atoms with Crippen LogP contribution in [0.1, 0.15) is 37.4 Å². The number of aliphatic carboxylic acids is 1. The van der Waals surface area contributed by atoms with Gasteiger partial charge in [0.15, 0.2) is 23.0 Å². The van der Waals surface area contributed by atoms with Crippen molar-refractivity contribution in [2.45, 2.75) is 32.7 Å². The lowest BCUT2D eigenvalue weighted by atomic mass is 9.90. The first-order valence-electron chi connectivity index (χ1n) is 10.6. The molecule has 2 aliphatic heterocycles. The fraction of sp³-hybridized carbons (Fsp3) is 0.391. The lowest BCUT2D eigenvalue weighted by Crippen LogP contribution is -2.43. The number of carbonyl (C=O) groups is 2. The van der Waals surface area contributed by atoms with E-state index < -0.39 is 12.0 Å². The van der Waals surface area contributed by atoms with E-state index in [2.05, 4.69) is 5.32 Å². The second-order valence-corrected chi connectivity index (χ2v) is 7.42. The molecule has 0 saturated heterocycles. The third kappa shape index (κ3) is 4.37. The van der Waals surface area contributed by atoms with Crippen LogP contribution in [0.4, 0.5) is 10.5 Å².